The van der Waals surface area contributed by atoms with Gasteiger partial charge in [-0.25, -0.2) is 10.0 Å². The molecule has 0 N–H and O–H groups in total. The van der Waals surface area contributed by atoms with Crippen molar-refractivity contribution < 1.29 is 14.4 Å². The second-order valence-electron chi connectivity index (χ2n) is 6.87. The number of hydrogen-bond donors (Lipinski definition) is 0. The second-order valence-corrected chi connectivity index (χ2v) is 6.87. The van der Waals surface area contributed by atoms with Gasteiger partial charge in [-0.15, -0.1) is 0 Å². The van der Waals surface area contributed by atoms with Crippen LogP contribution in [0.3, 0.4) is 0 Å². The molecule has 0 spiro atoms. The zero-order chi connectivity index (χ0) is 19.1. The van der Waals surface area contributed by atoms with Crippen LogP contribution in [-0.4, -0.2) is 34.5 Å². The highest BCUT2D eigenvalue weighted by Gasteiger charge is 2.30. The molecule has 3 heterocycles. The number of carbonyl (C=O) groups excluding carboxylic acids is 1. The molecule has 6 heteroatoms. The molecule has 27 heavy (non-hydrogen) atoms. The molecule has 1 aliphatic heterocycles. The summed E-state index contributed by atoms with van der Waals surface area (Å²) in [5.74, 6) is 0.504. The van der Waals surface area contributed by atoms with E-state index >= 15 is 0 Å². The maximum atomic E-state index is 12.9. The molecule has 2 aromatic heterocycles. The highest BCUT2D eigenvalue weighted by Crippen LogP contribution is 2.40. The third kappa shape index (κ3) is 2.86. The van der Waals surface area contributed by atoms with Gasteiger partial charge in [0, 0.05) is 24.5 Å². The summed E-state index contributed by atoms with van der Waals surface area (Å²) in [5, 5.41) is 1.24. The van der Waals surface area contributed by atoms with Gasteiger partial charge >= 0.3 is 0 Å². The molecule has 0 saturated carbocycles. The van der Waals surface area contributed by atoms with Gasteiger partial charge in [-0.2, -0.15) is 0 Å². The van der Waals surface area contributed by atoms with Crippen molar-refractivity contribution in [3.05, 3.63) is 64.6 Å². The Hall–Kier alpha value is -2.86. The number of pyridine rings is 1. The van der Waals surface area contributed by atoms with Gasteiger partial charge in [-0.05, 0) is 32.3 Å². The number of rotatable bonds is 3. The Labute approximate surface area is 158 Å². The van der Waals surface area contributed by atoms with Crippen molar-refractivity contribution in [2.75, 3.05) is 14.2 Å². The quantitative estimate of drug-likeness (QED) is 0.665. The molecule has 1 atom stereocenters. The van der Waals surface area contributed by atoms with Crippen molar-refractivity contribution in [2.24, 2.45) is 0 Å². The van der Waals surface area contributed by atoms with E-state index in [1.165, 1.54) is 12.2 Å². The van der Waals surface area contributed by atoms with E-state index in [2.05, 4.69) is 12.1 Å². The van der Waals surface area contributed by atoms with Crippen LogP contribution < -0.4 is 4.74 Å². The van der Waals surface area contributed by atoms with Crippen LogP contribution in [0, 0.1) is 13.8 Å². The lowest BCUT2D eigenvalue weighted by Crippen LogP contribution is -2.28. The Morgan fingerprint density at radius 2 is 2.04 bits per heavy atom. The summed E-state index contributed by atoms with van der Waals surface area (Å²) in [6.07, 6.45) is 3.36. The Kier molecular flexibility index (Phi) is 4.36. The van der Waals surface area contributed by atoms with Gasteiger partial charge in [-0.1, -0.05) is 30.3 Å². The monoisotopic (exact) mass is 365 g/mol. The molecule has 0 saturated heterocycles. The molecular weight excluding hydrogens is 342 g/mol. The number of fused-ring (bicyclic) bond motifs is 3. The van der Waals surface area contributed by atoms with Crippen LogP contribution in [0.4, 0.5) is 0 Å². The largest absolute Gasteiger partial charge is 0.481 e. The highest BCUT2D eigenvalue weighted by molar-refractivity contribution is 5.96. The van der Waals surface area contributed by atoms with Crippen LogP contribution in [-0.2, 0) is 11.3 Å². The first-order valence-corrected chi connectivity index (χ1v) is 9.06. The van der Waals surface area contributed by atoms with Crippen LogP contribution in [0.25, 0.3) is 5.65 Å². The van der Waals surface area contributed by atoms with Crippen molar-refractivity contribution >= 4 is 11.6 Å². The normalized spacial score (nSPS) is 16.1. The summed E-state index contributed by atoms with van der Waals surface area (Å²) in [5.41, 5.74) is 5.30. The van der Waals surface area contributed by atoms with E-state index in [-0.39, 0.29) is 12.0 Å². The number of carbonyl (C=O) groups is 1. The van der Waals surface area contributed by atoms with Crippen LogP contribution >= 0.6 is 0 Å². The van der Waals surface area contributed by atoms with E-state index < -0.39 is 0 Å². The molecule has 6 nitrogen and oxygen atoms in total. The van der Waals surface area contributed by atoms with Crippen LogP contribution in [0.5, 0.6) is 5.75 Å². The lowest BCUT2D eigenvalue weighted by molar-refractivity contribution is -0.0758. The average molecular weight is 365 g/mol. The average Bonchev–Trinajstić information content (AvgIpc) is 3.00. The van der Waals surface area contributed by atoms with Crippen molar-refractivity contribution in [3.8, 4) is 5.75 Å². The van der Waals surface area contributed by atoms with E-state index in [0.717, 1.165) is 41.0 Å². The van der Waals surface area contributed by atoms with Gasteiger partial charge in [0.05, 0.1) is 18.4 Å². The third-order valence-corrected chi connectivity index (χ3v) is 5.33. The lowest BCUT2D eigenvalue weighted by atomic mass is 9.95. The van der Waals surface area contributed by atoms with Gasteiger partial charge < -0.3 is 9.14 Å². The van der Waals surface area contributed by atoms with E-state index in [4.69, 9.17) is 14.6 Å². The number of aromatic nitrogens is 2. The zero-order valence-corrected chi connectivity index (χ0v) is 16.0. The zero-order valence-electron chi connectivity index (χ0n) is 16.0. The molecular formula is C21H23N3O3. The fraction of sp³-hybridized carbons (Fsp3) is 0.333. The first kappa shape index (κ1) is 17.5. The van der Waals surface area contributed by atoms with Gasteiger partial charge in [0.1, 0.15) is 6.10 Å². The minimum Gasteiger partial charge on any atom is -0.481 e. The number of benzene rings is 1. The third-order valence-electron chi connectivity index (χ3n) is 5.33. The number of hydrogen-bond acceptors (Lipinski definition) is 4. The number of ether oxygens (including phenoxy) is 1. The lowest BCUT2D eigenvalue weighted by Gasteiger charge is -2.29. The number of hydroxylamine groups is 2. The molecule has 0 bridgehead atoms. The predicted octanol–water partition coefficient (Wildman–Crippen LogP) is 3.65. The number of aryl methyl sites for hydroxylation is 2. The smallest absolute Gasteiger partial charge is 0.279 e. The van der Waals surface area contributed by atoms with E-state index in [1.807, 2.05) is 42.6 Å². The standard InChI is InChI=1S/C21H23N3O3/c1-13-14(2)24-12-17(21(25)23(3)26-4)16-10-11-18(15-8-6-5-7-9-15)27-19(16)20(24)22-13/h5-9,12,18H,10-11H2,1-4H3/t18-/m0/s1. The molecule has 0 radical (unpaired) electrons. The van der Waals surface area contributed by atoms with Crippen LogP contribution in [0.2, 0.25) is 0 Å². The van der Waals surface area contributed by atoms with Crippen molar-refractivity contribution in [1.82, 2.24) is 14.4 Å². The molecule has 1 aliphatic rings. The molecule has 0 aliphatic carbocycles. The van der Waals surface area contributed by atoms with Gasteiger partial charge in [0.25, 0.3) is 5.91 Å². The van der Waals surface area contributed by atoms with Gasteiger partial charge in [0.2, 0.25) is 0 Å². The summed E-state index contributed by atoms with van der Waals surface area (Å²) in [6, 6.07) is 10.2. The molecule has 140 valence electrons. The van der Waals surface area contributed by atoms with Gasteiger partial charge in [-0.3, -0.25) is 9.63 Å². The number of nitrogens with zero attached hydrogens (tertiary/aromatic N) is 3. The molecule has 0 fully saturated rings. The van der Waals surface area contributed by atoms with E-state index in [9.17, 15) is 4.79 Å². The molecule has 0 unspecified atom stereocenters. The fourth-order valence-electron chi connectivity index (χ4n) is 3.60. The molecule has 1 aromatic carbocycles. The summed E-state index contributed by atoms with van der Waals surface area (Å²) in [6.45, 7) is 3.96. The maximum Gasteiger partial charge on any atom is 0.279 e. The number of amides is 1. The maximum absolute atomic E-state index is 12.9. The summed E-state index contributed by atoms with van der Waals surface area (Å²) in [7, 11) is 3.10. The Morgan fingerprint density at radius 1 is 1.30 bits per heavy atom. The molecule has 1 amide bonds. The fourth-order valence-corrected chi connectivity index (χ4v) is 3.60. The van der Waals surface area contributed by atoms with Crippen LogP contribution in [0.15, 0.2) is 36.5 Å². The Morgan fingerprint density at radius 3 is 2.74 bits per heavy atom. The molecule has 4 rings (SSSR count). The van der Waals surface area contributed by atoms with Crippen molar-refractivity contribution in [3.63, 3.8) is 0 Å². The van der Waals surface area contributed by atoms with Gasteiger partial charge in [0.15, 0.2) is 11.4 Å². The SMILES string of the molecule is CON(C)C(=O)c1cn2c(C)c(C)nc2c2c1CC[C@@H](c1ccccc1)O2. The second kappa shape index (κ2) is 6.70. The first-order chi connectivity index (χ1) is 13.0. The van der Waals surface area contributed by atoms with E-state index in [0.29, 0.717) is 11.3 Å². The first-order valence-electron chi connectivity index (χ1n) is 9.06. The van der Waals surface area contributed by atoms with Crippen LogP contribution in [0.1, 0.15) is 45.4 Å². The Balaban J connectivity index is 1.88. The number of imidazole rings is 1. The summed E-state index contributed by atoms with van der Waals surface area (Å²) in [4.78, 5) is 22.7. The minimum atomic E-state index is -0.192. The predicted molar refractivity (Wildman–Crippen MR) is 102 cm³/mol. The summed E-state index contributed by atoms with van der Waals surface area (Å²) >= 11 is 0. The van der Waals surface area contributed by atoms with Crippen molar-refractivity contribution in [2.45, 2.75) is 32.8 Å². The van der Waals surface area contributed by atoms with E-state index in [1.54, 1.807) is 7.05 Å². The Bertz CT molecular complexity index is 1010. The highest BCUT2D eigenvalue weighted by atomic mass is 16.7. The minimum absolute atomic E-state index is 0.0506. The van der Waals surface area contributed by atoms with Crippen molar-refractivity contribution in [1.29, 1.82) is 0 Å². The molecule has 3 aromatic rings. The summed E-state index contributed by atoms with van der Waals surface area (Å²) < 4.78 is 8.35. The topological polar surface area (TPSA) is 56.1 Å².